The second-order valence-electron chi connectivity index (χ2n) is 6.52. The van der Waals surface area contributed by atoms with Crippen LogP contribution in [0.15, 0.2) is 17.5 Å². The summed E-state index contributed by atoms with van der Waals surface area (Å²) < 4.78 is 0. The molecule has 3 rings (SSSR count). The number of aromatic nitrogens is 2. The number of hydrogen-bond acceptors (Lipinski definition) is 6. The number of carbonyl (C=O) groups is 1. The van der Waals surface area contributed by atoms with Gasteiger partial charge in [0.15, 0.2) is 0 Å². The molecule has 138 valence electrons. The normalized spacial score (nSPS) is 12.7. The molecule has 0 bridgehead atoms. The van der Waals surface area contributed by atoms with Gasteiger partial charge in [0, 0.05) is 28.9 Å². The van der Waals surface area contributed by atoms with E-state index in [1.54, 1.807) is 11.3 Å². The zero-order valence-corrected chi connectivity index (χ0v) is 17.4. The lowest BCUT2D eigenvalue weighted by Crippen LogP contribution is -2.34. The van der Waals surface area contributed by atoms with Crippen molar-refractivity contribution in [1.82, 2.24) is 20.2 Å². The van der Waals surface area contributed by atoms with Gasteiger partial charge in [0.1, 0.15) is 10.7 Å². The number of thiophene rings is 2. The molecule has 0 aliphatic carbocycles. The molecule has 0 saturated heterocycles. The van der Waals surface area contributed by atoms with Crippen molar-refractivity contribution in [3.8, 4) is 0 Å². The fourth-order valence-corrected chi connectivity index (χ4v) is 5.15. The van der Waals surface area contributed by atoms with Crippen molar-refractivity contribution in [3.05, 3.63) is 44.3 Å². The molecule has 3 aromatic rings. The molecule has 7 heteroatoms. The Hall–Kier alpha value is -1.83. The minimum absolute atomic E-state index is 0.0358. The fourth-order valence-electron chi connectivity index (χ4n) is 3.06. The molecule has 3 aromatic heterocycles. The summed E-state index contributed by atoms with van der Waals surface area (Å²) in [6.45, 7) is 6.59. The predicted molar refractivity (Wildman–Crippen MR) is 109 cm³/mol. The van der Waals surface area contributed by atoms with Gasteiger partial charge in [0.25, 0.3) is 5.91 Å². The average Bonchev–Trinajstić information content (AvgIpc) is 3.23. The maximum atomic E-state index is 12.8. The first-order chi connectivity index (χ1) is 12.4. The van der Waals surface area contributed by atoms with E-state index in [0.717, 1.165) is 38.6 Å². The van der Waals surface area contributed by atoms with Crippen LogP contribution in [0.1, 0.15) is 44.6 Å². The highest BCUT2D eigenvalue weighted by molar-refractivity contribution is 7.20. The molecule has 0 saturated carbocycles. The number of rotatable bonds is 6. The molecule has 26 heavy (non-hydrogen) atoms. The van der Waals surface area contributed by atoms with Crippen LogP contribution in [0.25, 0.3) is 10.2 Å². The van der Waals surface area contributed by atoms with Gasteiger partial charge in [-0.05, 0) is 45.0 Å². The molecule has 3 heterocycles. The maximum Gasteiger partial charge on any atom is 0.261 e. The summed E-state index contributed by atoms with van der Waals surface area (Å²) in [6.07, 6.45) is 0.792. The number of hydrogen-bond donors (Lipinski definition) is 1. The number of aryl methyl sites for hydroxylation is 3. The largest absolute Gasteiger partial charge is 0.349 e. The number of nitrogens with one attached hydrogen (secondary N) is 1. The van der Waals surface area contributed by atoms with Gasteiger partial charge in [-0.2, -0.15) is 0 Å². The van der Waals surface area contributed by atoms with Gasteiger partial charge in [0.05, 0.1) is 10.9 Å². The van der Waals surface area contributed by atoms with Crippen LogP contribution in [-0.4, -0.2) is 41.4 Å². The van der Waals surface area contributed by atoms with Crippen LogP contribution in [0, 0.1) is 13.8 Å². The summed E-state index contributed by atoms with van der Waals surface area (Å²) in [4.78, 5) is 27.0. The summed E-state index contributed by atoms with van der Waals surface area (Å²) in [6, 6.07) is 4.32. The highest BCUT2D eigenvalue weighted by atomic mass is 32.1. The first-order valence-corrected chi connectivity index (χ1v) is 10.4. The molecule has 1 N–H and O–H groups in total. The van der Waals surface area contributed by atoms with Crippen molar-refractivity contribution in [2.75, 3.05) is 20.6 Å². The standard InChI is InChI=1S/C19H24N4OS2/c1-6-15-21-12(3)16-11(2)17(26-19(16)22-15)18(24)20-10-13(23(4)5)14-8-7-9-25-14/h7-9,13H,6,10H2,1-5H3,(H,20,24). The molecule has 0 aliphatic rings. The Labute approximate surface area is 162 Å². The van der Waals surface area contributed by atoms with Crippen molar-refractivity contribution >= 4 is 38.8 Å². The maximum absolute atomic E-state index is 12.8. The molecular formula is C19H24N4OS2. The highest BCUT2D eigenvalue weighted by Gasteiger charge is 2.21. The van der Waals surface area contributed by atoms with Crippen LogP contribution >= 0.6 is 22.7 Å². The lowest BCUT2D eigenvalue weighted by molar-refractivity contribution is 0.0946. The van der Waals surface area contributed by atoms with E-state index in [-0.39, 0.29) is 11.9 Å². The molecule has 1 atom stereocenters. The minimum Gasteiger partial charge on any atom is -0.349 e. The van der Waals surface area contributed by atoms with E-state index in [1.165, 1.54) is 16.2 Å². The molecule has 1 unspecified atom stereocenters. The smallest absolute Gasteiger partial charge is 0.261 e. The SMILES string of the molecule is CCc1nc(C)c2c(C)c(C(=O)NCC(c3cccs3)N(C)C)sc2n1. The molecule has 1 amide bonds. The third-order valence-corrected chi connectivity index (χ3v) is 6.65. The van der Waals surface area contributed by atoms with Gasteiger partial charge in [-0.15, -0.1) is 22.7 Å². The summed E-state index contributed by atoms with van der Waals surface area (Å²) in [5.41, 5.74) is 1.92. The van der Waals surface area contributed by atoms with Crippen molar-refractivity contribution in [1.29, 1.82) is 0 Å². The molecule has 0 spiro atoms. The van der Waals surface area contributed by atoms with Gasteiger partial charge in [-0.25, -0.2) is 9.97 Å². The number of likely N-dealkylation sites (N-methyl/N-ethyl adjacent to an activating group) is 1. The van der Waals surface area contributed by atoms with Gasteiger partial charge in [-0.3, -0.25) is 4.79 Å². The Balaban J connectivity index is 1.84. The minimum atomic E-state index is -0.0358. The van der Waals surface area contributed by atoms with E-state index < -0.39 is 0 Å². The number of fused-ring (bicyclic) bond motifs is 1. The number of carbonyl (C=O) groups excluding carboxylic acids is 1. The summed E-state index contributed by atoms with van der Waals surface area (Å²) in [5, 5.41) is 6.19. The van der Waals surface area contributed by atoms with E-state index in [9.17, 15) is 4.79 Å². The van der Waals surface area contributed by atoms with E-state index in [1.807, 2.05) is 40.9 Å². The van der Waals surface area contributed by atoms with Crippen molar-refractivity contribution in [3.63, 3.8) is 0 Å². The Morgan fingerprint density at radius 3 is 2.69 bits per heavy atom. The van der Waals surface area contributed by atoms with Gasteiger partial charge >= 0.3 is 0 Å². The molecular weight excluding hydrogens is 364 g/mol. The van der Waals surface area contributed by atoms with Crippen molar-refractivity contribution in [2.24, 2.45) is 0 Å². The van der Waals surface area contributed by atoms with Crippen LogP contribution in [0.2, 0.25) is 0 Å². The summed E-state index contributed by atoms with van der Waals surface area (Å²) >= 11 is 3.17. The number of amides is 1. The first-order valence-electron chi connectivity index (χ1n) is 8.67. The van der Waals surface area contributed by atoms with E-state index >= 15 is 0 Å². The third kappa shape index (κ3) is 3.65. The van der Waals surface area contributed by atoms with E-state index in [0.29, 0.717) is 6.54 Å². The monoisotopic (exact) mass is 388 g/mol. The van der Waals surface area contributed by atoms with Crippen LogP contribution in [0.3, 0.4) is 0 Å². The summed E-state index contributed by atoms with van der Waals surface area (Å²) in [7, 11) is 4.07. The van der Waals surface area contributed by atoms with Crippen molar-refractivity contribution < 1.29 is 4.79 Å². The zero-order chi connectivity index (χ0) is 18.8. The molecule has 5 nitrogen and oxygen atoms in total. The second-order valence-corrected chi connectivity index (χ2v) is 8.50. The molecule has 0 aromatic carbocycles. The van der Waals surface area contributed by atoms with Crippen LogP contribution in [-0.2, 0) is 6.42 Å². The van der Waals surface area contributed by atoms with Crippen LogP contribution in [0.4, 0.5) is 0 Å². The predicted octanol–water partition coefficient (Wildman–Crippen LogP) is 3.96. The quantitative estimate of drug-likeness (QED) is 0.694. The molecule has 0 radical (unpaired) electrons. The Morgan fingerprint density at radius 1 is 1.31 bits per heavy atom. The second kappa shape index (κ2) is 7.82. The first kappa shape index (κ1) is 18.9. The Kier molecular flexibility index (Phi) is 5.70. The highest BCUT2D eigenvalue weighted by Crippen LogP contribution is 2.31. The molecule has 0 aliphatic heterocycles. The Bertz CT molecular complexity index is 915. The average molecular weight is 389 g/mol. The third-order valence-electron chi connectivity index (χ3n) is 4.49. The van der Waals surface area contributed by atoms with Crippen LogP contribution in [0.5, 0.6) is 0 Å². The topological polar surface area (TPSA) is 58.1 Å². The fraction of sp³-hybridized carbons (Fsp3) is 0.421. The lowest BCUT2D eigenvalue weighted by atomic mass is 10.1. The zero-order valence-electron chi connectivity index (χ0n) is 15.8. The number of nitrogens with zero attached hydrogens (tertiary/aromatic N) is 3. The Morgan fingerprint density at radius 2 is 2.08 bits per heavy atom. The van der Waals surface area contributed by atoms with Gasteiger partial charge < -0.3 is 10.2 Å². The van der Waals surface area contributed by atoms with Gasteiger partial charge in [-0.1, -0.05) is 13.0 Å². The van der Waals surface area contributed by atoms with E-state index in [4.69, 9.17) is 0 Å². The summed E-state index contributed by atoms with van der Waals surface area (Å²) in [5.74, 6) is 0.792. The van der Waals surface area contributed by atoms with E-state index in [2.05, 4.69) is 31.6 Å². The molecule has 0 fully saturated rings. The van der Waals surface area contributed by atoms with Crippen molar-refractivity contribution in [2.45, 2.75) is 33.2 Å². The lowest BCUT2D eigenvalue weighted by Gasteiger charge is -2.23. The van der Waals surface area contributed by atoms with Gasteiger partial charge in [0.2, 0.25) is 0 Å². The van der Waals surface area contributed by atoms with Crippen LogP contribution < -0.4 is 5.32 Å².